The third kappa shape index (κ3) is 3.78. The van der Waals surface area contributed by atoms with Crippen molar-refractivity contribution < 1.29 is 14.3 Å². The van der Waals surface area contributed by atoms with Crippen molar-refractivity contribution in [3.63, 3.8) is 0 Å². The quantitative estimate of drug-likeness (QED) is 0.793. The van der Waals surface area contributed by atoms with Gasteiger partial charge in [0.1, 0.15) is 0 Å². The third-order valence-corrected chi connectivity index (χ3v) is 2.41. The van der Waals surface area contributed by atoms with Crippen molar-refractivity contribution in [1.29, 1.82) is 0 Å². The molecule has 0 saturated carbocycles. The van der Waals surface area contributed by atoms with Gasteiger partial charge in [0, 0.05) is 37.0 Å². The summed E-state index contributed by atoms with van der Waals surface area (Å²) < 4.78 is 12.9. The first-order valence-electron chi connectivity index (χ1n) is 5.59. The molecule has 0 aliphatic rings. The Morgan fingerprint density at radius 1 is 1.59 bits per heavy atom. The molecule has 0 fully saturated rings. The molecule has 0 aromatic carbocycles. The van der Waals surface area contributed by atoms with Gasteiger partial charge in [-0.3, -0.25) is 4.79 Å². The van der Waals surface area contributed by atoms with Gasteiger partial charge in [0.15, 0.2) is 0 Å². The lowest BCUT2D eigenvalue weighted by Gasteiger charge is -2.26. The number of halogens is 1. The van der Waals surface area contributed by atoms with Crippen molar-refractivity contribution in [2.45, 2.75) is 26.3 Å². The van der Waals surface area contributed by atoms with Gasteiger partial charge in [-0.15, -0.1) is 0 Å². The molecule has 0 aliphatic heterocycles. The molecule has 1 aromatic heterocycles. The van der Waals surface area contributed by atoms with E-state index in [-0.39, 0.29) is 24.1 Å². The van der Waals surface area contributed by atoms with Crippen LogP contribution in [0.1, 0.15) is 30.6 Å². The van der Waals surface area contributed by atoms with Gasteiger partial charge in [-0.25, -0.2) is 4.98 Å². The SMILES string of the molecule is CC(C)N(CCCO)C(=O)c1ccnc(F)c1. The second-order valence-corrected chi connectivity index (χ2v) is 4.04. The Morgan fingerprint density at radius 2 is 2.29 bits per heavy atom. The molecule has 5 heteroatoms. The fourth-order valence-corrected chi connectivity index (χ4v) is 1.54. The highest BCUT2D eigenvalue weighted by molar-refractivity contribution is 5.94. The Kier molecular flexibility index (Phi) is 5.03. The standard InChI is InChI=1S/C12H17FN2O2/c1-9(2)15(6-3-7-16)12(17)10-4-5-14-11(13)8-10/h4-5,8-9,16H,3,6-7H2,1-2H3. The molecular weight excluding hydrogens is 223 g/mol. The summed E-state index contributed by atoms with van der Waals surface area (Å²) >= 11 is 0. The van der Waals surface area contributed by atoms with Crippen LogP contribution in [0.15, 0.2) is 18.3 Å². The summed E-state index contributed by atoms with van der Waals surface area (Å²) in [7, 11) is 0. The molecule has 0 aliphatic carbocycles. The molecule has 1 heterocycles. The van der Waals surface area contributed by atoms with Crippen molar-refractivity contribution >= 4 is 5.91 Å². The van der Waals surface area contributed by atoms with Gasteiger partial charge in [0.25, 0.3) is 5.91 Å². The van der Waals surface area contributed by atoms with E-state index in [1.165, 1.54) is 12.3 Å². The van der Waals surface area contributed by atoms with Gasteiger partial charge in [0.2, 0.25) is 5.95 Å². The van der Waals surface area contributed by atoms with Crippen LogP contribution in [-0.2, 0) is 0 Å². The minimum absolute atomic E-state index is 0.00489. The molecule has 94 valence electrons. The van der Waals surface area contributed by atoms with Gasteiger partial charge in [-0.1, -0.05) is 0 Å². The minimum atomic E-state index is -0.665. The highest BCUT2D eigenvalue weighted by atomic mass is 19.1. The van der Waals surface area contributed by atoms with E-state index in [0.29, 0.717) is 13.0 Å². The number of amides is 1. The van der Waals surface area contributed by atoms with Crippen molar-refractivity contribution in [2.24, 2.45) is 0 Å². The van der Waals surface area contributed by atoms with Gasteiger partial charge in [0.05, 0.1) is 0 Å². The molecule has 17 heavy (non-hydrogen) atoms. The highest BCUT2D eigenvalue weighted by Crippen LogP contribution is 2.09. The van der Waals surface area contributed by atoms with Crippen LogP contribution < -0.4 is 0 Å². The van der Waals surface area contributed by atoms with Crippen LogP contribution in [0.3, 0.4) is 0 Å². The van der Waals surface area contributed by atoms with Gasteiger partial charge < -0.3 is 10.0 Å². The molecule has 4 nitrogen and oxygen atoms in total. The molecule has 0 bridgehead atoms. The lowest BCUT2D eigenvalue weighted by Crippen LogP contribution is -2.38. The number of carbonyl (C=O) groups is 1. The second-order valence-electron chi connectivity index (χ2n) is 4.04. The Bertz CT molecular complexity index is 383. The molecule has 1 rings (SSSR count). The number of rotatable bonds is 5. The number of nitrogens with zero attached hydrogens (tertiary/aromatic N) is 2. The van der Waals surface area contributed by atoms with E-state index >= 15 is 0 Å². The topological polar surface area (TPSA) is 53.4 Å². The van der Waals surface area contributed by atoms with Crippen molar-refractivity contribution in [3.8, 4) is 0 Å². The fraction of sp³-hybridized carbons (Fsp3) is 0.500. The average molecular weight is 240 g/mol. The summed E-state index contributed by atoms with van der Waals surface area (Å²) in [5, 5.41) is 8.79. The lowest BCUT2D eigenvalue weighted by atomic mass is 10.2. The van der Waals surface area contributed by atoms with Crippen LogP contribution in [0.4, 0.5) is 4.39 Å². The third-order valence-electron chi connectivity index (χ3n) is 2.41. The highest BCUT2D eigenvalue weighted by Gasteiger charge is 2.18. The summed E-state index contributed by atoms with van der Waals surface area (Å²) in [6.07, 6.45) is 1.78. The normalized spacial score (nSPS) is 10.6. The first kappa shape index (κ1) is 13.6. The van der Waals surface area contributed by atoms with E-state index in [1.54, 1.807) is 4.90 Å². The Labute approximate surface area is 100 Å². The summed E-state index contributed by atoms with van der Waals surface area (Å²) in [6.45, 7) is 4.25. The van der Waals surface area contributed by atoms with Crippen molar-refractivity contribution in [3.05, 3.63) is 29.8 Å². The Morgan fingerprint density at radius 3 is 2.82 bits per heavy atom. The van der Waals surface area contributed by atoms with E-state index in [1.807, 2.05) is 13.8 Å². The Balaban J connectivity index is 2.84. The maximum atomic E-state index is 12.9. The first-order valence-corrected chi connectivity index (χ1v) is 5.59. The average Bonchev–Trinajstić information content (AvgIpc) is 2.29. The van der Waals surface area contributed by atoms with Crippen LogP contribution in [0.25, 0.3) is 0 Å². The van der Waals surface area contributed by atoms with Gasteiger partial charge in [-0.05, 0) is 26.3 Å². The molecule has 1 N–H and O–H groups in total. The van der Waals surface area contributed by atoms with Gasteiger partial charge in [-0.2, -0.15) is 4.39 Å². The van der Waals surface area contributed by atoms with E-state index in [4.69, 9.17) is 5.11 Å². The van der Waals surface area contributed by atoms with E-state index < -0.39 is 5.95 Å². The first-order chi connectivity index (χ1) is 8.06. The molecule has 0 unspecified atom stereocenters. The van der Waals surface area contributed by atoms with Gasteiger partial charge >= 0.3 is 0 Å². The van der Waals surface area contributed by atoms with Crippen LogP contribution in [0.5, 0.6) is 0 Å². The van der Waals surface area contributed by atoms with E-state index in [2.05, 4.69) is 4.98 Å². The van der Waals surface area contributed by atoms with Crippen LogP contribution in [0, 0.1) is 5.95 Å². The predicted molar refractivity (Wildman–Crippen MR) is 62.1 cm³/mol. The number of aliphatic hydroxyl groups excluding tert-OH is 1. The molecule has 1 amide bonds. The van der Waals surface area contributed by atoms with E-state index in [0.717, 1.165) is 6.07 Å². The van der Waals surface area contributed by atoms with Crippen LogP contribution in [-0.4, -0.2) is 40.1 Å². The van der Waals surface area contributed by atoms with Crippen LogP contribution in [0.2, 0.25) is 0 Å². The number of hydrogen-bond donors (Lipinski definition) is 1. The Hall–Kier alpha value is -1.49. The predicted octanol–water partition coefficient (Wildman–Crippen LogP) is 1.45. The maximum absolute atomic E-state index is 12.9. The number of carbonyl (C=O) groups excluding carboxylic acids is 1. The summed E-state index contributed by atoms with van der Waals surface area (Å²) in [5.74, 6) is -0.906. The number of aliphatic hydroxyl groups is 1. The van der Waals surface area contributed by atoms with Crippen molar-refractivity contribution in [1.82, 2.24) is 9.88 Å². The second kappa shape index (κ2) is 6.30. The smallest absolute Gasteiger partial charge is 0.254 e. The molecule has 0 radical (unpaired) electrons. The molecule has 1 aromatic rings. The molecule has 0 saturated heterocycles. The zero-order valence-electron chi connectivity index (χ0n) is 10.1. The molecule has 0 atom stereocenters. The molecular formula is C12H17FN2O2. The van der Waals surface area contributed by atoms with Crippen LogP contribution >= 0.6 is 0 Å². The summed E-state index contributed by atoms with van der Waals surface area (Å²) in [5.41, 5.74) is 0.282. The number of aromatic nitrogens is 1. The minimum Gasteiger partial charge on any atom is -0.396 e. The monoisotopic (exact) mass is 240 g/mol. The molecule has 0 spiro atoms. The lowest BCUT2D eigenvalue weighted by molar-refractivity contribution is 0.0692. The largest absolute Gasteiger partial charge is 0.396 e. The summed E-state index contributed by atoms with van der Waals surface area (Å²) in [4.78, 5) is 17.1. The summed E-state index contributed by atoms with van der Waals surface area (Å²) in [6, 6.07) is 2.61. The zero-order valence-corrected chi connectivity index (χ0v) is 10.1. The van der Waals surface area contributed by atoms with Crippen molar-refractivity contribution in [2.75, 3.05) is 13.2 Å². The number of pyridine rings is 1. The maximum Gasteiger partial charge on any atom is 0.254 e. The van der Waals surface area contributed by atoms with E-state index in [9.17, 15) is 9.18 Å². The number of hydrogen-bond acceptors (Lipinski definition) is 3. The fourth-order valence-electron chi connectivity index (χ4n) is 1.54. The zero-order chi connectivity index (χ0) is 12.8.